The second-order valence-corrected chi connectivity index (χ2v) is 6.54. The zero-order valence-corrected chi connectivity index (χ0v) is 16.7. The number of carbonyl (C=O) groups is 2. The van der Waals surface area contributed by atoms with E-state index in [1.165, 1.54) is 0 Å². The number of nitrogens with two attached hydrogens (primary N) is 1. The normalized spacial score (nSPS) is 15.7. The fourth-order valence-electron chi connectivity index (χ4n) is 2.96. The van der Waals surface area contributed by atoms with Crippen LogP contribution >= 0.6 is 24.0 Å². The molecule has 1 aliphatic heterocycles. The van der Waals surface area contributed by atoms with Crippen LogP contribution in [0.2, 0.25) is 5.02 Å². The van der Waals surface area contributed by atoms with E-state index in [1.807, 2.05) is 13.8 Å². The molecule has 1 aliphatic rings. The molecule has 1 atom stereocenters. The highest BCUT2D eigenvalue weighted by Crippen LogP contribution is 2.24. The Morgan fingerprint density at radius 1 is 1.31 bits per heavy atom. The van der Waals surface area contributed by atoms with E-state index < -0.39 is 6.04 Å². The van der Waals surface area contributed by atoms with E-state index in [9.17, 15) is 9.59 Å². The van der Waals surface area contributed by atoms with Gasteiger partial charge in [-0.15, -0.1) is 12.4 Å². The topological polar surface area (TPSA) is 84.7 Å². The van der Waals surface area contributed by atoms with Gasteiger partial charge in [0.1, 0.15) is 0 Å². The summed E-state index contributed by atoms with van der Waals surface area (Å²) in [5, 5.41) is 3.10. The largest absolute Gasteiger partial charge is 0.381 e. The minimum Gasteiger partial charge on any atom is -0.381 e. The van der Waals surface area contributed by atoms with Crippen LogP contribution in [-0.2, 0) is 9.53 Å². The summed E-state index contributed by atoms with van der Waals surface area (Å²) < 4.78 is 5.30. The summed E-state index contributed by atoms with van der Waals surface area (Å²) in [6.07, 6.45) is 1.57. The van der Waals surface area contributed by atoms with Gasteiger partial charge in [0.2, 0.25) is 5.91 Å². The summed E-state index contributed by atoms with van der Waals surface area (Å²) in [5.41, 5.74) is 7.03. The molecule has 1 fully saturated rings. The molecule has 0 aromatic heterocycles. The lowest BCUT2D eigenvalue weighted by Crippen LogP contribution is -2.44. The highest BCUT2D eigenvalue weighted by atomic mass is 35.5. The minimum atomic E-state index is -0.584. The van der Waals surface area contributed by atoms with Crippen molar-refractivity contribution < 1.29 is 14.3 Å². The quantitative estimate of drug-likeness (QED) is 0.764. The Hall–Kier alpha value is -1.34. The molecule has 1 saturated heterocycles. The standard InChI is InChI=1S/C18H26ClN3O3.ClH/c1-3-22(4-2)18(24)14-6-5-13(11-15(14)19)21-17(23)16(20)12-7-9-25-10-8-12;/h5-6,11-12,16H,3-4,7-10,20H2,1-2H3,(H,21,23);1H. The van der Waals surface area contributed by atoms with Crippen LogP contribution in [0.4, 0.5) is 5.69 Å². The van der Waals surface area contributed by atoms with Crippen LogP contribution in [0, 0.1) is 5.92 Å². The van der Waals surface area contributed by atoms with Crippen molar-refractivity contribution in [2.75, 3.05) is 31.6 Å². The van der Waals surface area contributed by atoms with Gasteiger partial charge in [-0.2, -0.15) is 0 Å². The molecule has 1 aromatic rings. The maximum Gasteiger partial charge on any atom is 0.255 e. The van der Waals surface area contributed by atoms with Crippen molar-refractivity contribution >= 4 is 41.5 Å². The van der Waals surface area contributed by atoms with Crippen LogP contribution in [0.1, 0.15) is 37.0 Å². The number of benzene rings is 1. The smallest absolute Gasteiger partial charge is 0.255 e. The summed E-state index contributed by atoms with van der Waals surface area (Å²) in [5.74, 6) is -0.245. The molecule has 6 nitrogen and oxygen atoms in total. The highest BCUT2D eigenvalue weighted by molar-refractivity contribution is 6.34. The van der Waals surface area contributed by atoms with Gasteiger partial charge in [-0.05, 0) is 50.8 Å². The van der Waals surface area contributed by atoms with E-state index in [0.29, 0.717) is 42.6 Å². The van der Waals surface area contributed by atoms with E-state index in [4.69, 9.17) is 22.1 Å². The molecule has 2 rings (SSSR count). The number of hydrogen-bond donors (Lipinski definition) is 2. The molecule has 0 saturated carbocycles. The van der Waals surface area contributed by atoms with Gasteiger partial charge in [-0.1, -0.05) is 11.6 Å². The summed E-state index contributed by atoms with van der Waals surface area (Å²) in [7, 11) is 0. The Balaban J connectivity index is 0.00000338. The van der Waals surface area contributed by atoms with Gasteiger partial charge in [0.25, 0.3) is 5.91 Å². The number of hydrogen-bond acceptors (Lipinski definition) is 4. The predicted octanol–water partition coefficient (Wildman–Crippen LogP) is 2.94. The van der Waals surface area contributed by atoms with Crippen LogP contribution in [-0.4, -0.2) is 49.1 Å². The third kappa shape index (κ3) is 5.58. The van der Waals surface area contributed by atoms with Gasteiger partial charge in [-0.25, -0.2) is 0 Å². The molecule has 2 amide bonds. The Kier molecular flexibility index (Phi) is 9.36. The molecule has 3 N–H and O–H groups in total. The Bertz CT molecular complexity index is 618. The zero-order valence-electron chi connectivity index (χ0n) is 15.2. The number of halogens is 2. The van der Waals surface area contributed by atoms with Gasteiger partial charge in [0, 0.05) is 32.0 Å². The number of rotatable bonds is 6. The van der Waals surface area contributed by atoms with E-state index in [1.54, 1.807) is 23.1 Å². The second-order valence-electron chi connectivity index (χ2n) is 6.14. The van der Waals surface area contributed by atoms with Crippen LogP contribution in [0.25, 0.3) is 0 Å². The number of nitrogens with zero attached hydrogens (tertiary/aromatic N) is 1. The SMILES string of the molecule is CCN(CC)C(=O)c1ccc(NC(=O)C(N)C2CCOCC2)cc1Cl.Cl. The maximum atomic E-state index is 12.4. The first kappa shape index (κ1) is 22.7. The van der Waals surface area contributed by atoms with E-state index in [0.717, 1.165) is 12.8 Å². The zero-order chi connectivity index (χ0) is 18.4. The monoisotopic (exact) mass is 403 g/mol. The lowest BCUT2D eigenvalue weighted by molar-refractivity contribution is -0.119. The predicted molar refractivity (Wildman–Crippen MR) is 106 cm³/mol. The van der Waals surface area contributed by atoms with Crippen molar-refractivity contribution in [2.24, 2.45) is 11.7 Å². The van der Waals surface area contributed by atoms with Crippen LogP contribution in [0.3, 0.4) is 0 Å². The average Bonchev–Trinajstić information content (AvgIpc) is 2.62. The Morgan fingerprint density at radius 2 is 1.92 bits per heavy atom. The van der Waals surface area contributed by atoms with E-state index >= 15 is 0 Å². The molecule has 0 spiro atoms. The maximum absolute atomic E-state index is 12.4. The highest BCUT2D eigenvalue weighted by Gasteiger charge is 2.26. The van der Waals surface area contributed by atoms with Crippen molar-refractivity contribution in [1.82, 2.24) is 4.90 Å². The van der Waals surface area contributed by atoms with Gasteiger partial charge in [0.05, 0.1) is 16.6 Å². The fourth-order valence-corrected chi connectivity index (χ4v) is 3.22. The Morgan fingerprint density at radius 3 is 2.46 bits per heavy atom. The molecule has 1 aromatic carbocycles. The molecule has 0 radical (unpaired) electrons. The van der Waals surface area contributed by atoms with Crippen molar-refractivity contribution in [3.8, 4) is 0 Å². The second kappa shape index (κ2) is 10.7. The Labute approximate surface area is 165 Å². The average molecular weight is 404 g/mol. The molecule has 0 bridgehead atoms. The first-order valence-electron chi connectivity index (χ1n) is 8.70. The van der Waals surface area contributed by atoms with E-state index in [-0.39, 0.29) is 30.1 Å². The van der Waals surface area contributed by atoms with Gasteiger partial charge < -0.3 is 20.7 Å². The minimum absolute atomic E-state index is 0. The summed E-state index contributed by atoms with van der Waals surface area (Å²) in [6.45, 7) is 6.34. The molecule has 8 heteroatoms. The van der Waals surface area contributed by atoms with Gasteiger partial charge in [-0.3, -0.25) is 9.59 Å². The van der Waals surface area contributed by atoms with Gasteiger partial charge >= 0.3 is 0 Å². The number of ether oxygens (including phenoxy) is 1. The molecule has 1 heterocycles. The van der Waals surface area contributed by atoms with Gasteiger partial charge in [0.15, 0.2) is 0 Å². The lowest BCUT2D eigenvalue weighted by atomic mass is 9.92. The molecule has 26 heavy (non-hydrogen) atoms. The first-order valence-corrected chi connectivity index (χ1v) is 9.08. The molecular weight excluding hydrogens is 377 g/mol. The summed E-state index contributed by atoms with van der Waals surface area (Å²) in [6, 6.07) is 4.32. The van der Waals surface area contributed by atoms with Crippen molar-refractivity contribution in [3.63, 3.8) is 0 Å². The third-order valence-corrected chi connectivity index (χ3v) is 4.91. The summed E-state index contributed by atoms with van der Waals surface area (Å²) >= 11 is 6.25. The van der Waals surface area contributed by atoms with Crippen molar-refractivity contribution in [3.05, 3.63) is 28.8 Å². The summed E-state index contributed by atoms with van der Waals surface area (Å²) in [4.78, 5) is 26.4. The number of amides is 2. The number of nitrogens with one attached hydrogen (secondary N) is 1. The fraction of sp³-hybridized carbons (Fsp3) is 0.556. The van der Waals surface area contributed by atoms with Crippen LogP contribution < -0.4 is 11.1 Å². The number of anilines is 1. The first-order chi connectivity index (χ1) is 12.0. The van der Waals surface area contributed by atoms with Crippen molar-refractivity contribution in [2.45, 2.75) is 32.7 Å². The number of carbonyl (C=O) groups excluding carboxylic acids is 2. The van der Waals surface area contributed by atoms with E-state index in [2.05, 4.69) is 5.32 Å². The van der Waals surface area contributed by atoms with Crippen LogP contribution in [0.5, 0.6) is 0 Å². The molecule has 1 unspecified atom stereocenters. The van der Waals surface area contributed by atoms with Crippen molar-refractivity contribution in [1.29, 1.82) is 0 Å². The lowest BCUT2D eigenvalue weighted by Gasteiger charge is -2.26. The molecule has 0 aliphatic carbocycles. The van der Waals surface area contributed by atoms with Crippen LogP contribution in [0.15, 0.2) is 18.2 Å². The third-order valence-electron chi connectivity index (χ3n) is 4.59. The molecule has 146 valence electrons. The molecular formula is C18H27Cl2N3O3.